The number of carbonyl (C=O) groups is 1. The van der Waals surface area contributed by atoms with Gasteiger partial charge in [-0.2, -0.15) is 0 Å². The second-order valence-electron chi connectivity index (χ2n) is 4.64. The maximum Gasteiger partial charge on any atom is 0.170 e. The van der Waals surface area contributed by atoms with Crippen molar-refractivity contribution in [2.24, 2.45) is 0 Å². The minimum absolute atomic E-state index is 0.0513. The average molecular weight is 288 g/mol. The van der Waals surface area contributed by atoms with Gasteiger partial charge in [-0.1, -0.05) is 12.1 Å². The Morgan fingerprint density at radius 1 is 1.10 bits per heavy atom. The van der Waals surface area contributed by atoms with E-state index in [1.165, 1.54) is 13.2 Å². The first kappa shape index (κ1) is 14.7. The van der Waals surface area contributed by atoms with Crippen LogP contribution in [0.15, 0.2) is 36.4 Å². The molecule has 0 aliphatic rings. The number of rotatable bonds is 5. The van der Waals surface area contributed by atoms with E-state index in [9.17, 15) is 20.1 Å². The third-order valence-corrected chi connectivity index (χ3v) is 3.12. The lowest BCUT2D eigenvalue weighted by Gasteiger charge is -2.10. The van der Waals surface area contributed by atoms with Gasteiger partial charge in [0.1, 0.15) is 28.6 Å². The van der Waals surface area contributed by atoms with E-state index >= 15 is 0 Å². The SMILES string of the molecule is COc1cc(O)cc(O)c1C(=O)CCc1cccc(O)c1. The molecule has 5 heteroatoms. The number of phenolic OH excluding ortho intramolecular Hbond substituents is 3. The molecule has 0 heterocycles. The largest absolute Gasteiger partial charge is 0.508 e. The van der Waals surface area contributed by atoms with Gasteiger partial charge in [0, 0.05) is 18.6 Å². The van der Waals surface area contributed by atoms with Gasteiger partial charge >= 0.3 is 0 Å². The molecular weight excluding hydrogens is 272 g/mol. The van der Waals surface area contributed by atoms with E-state index in [1.807, 2.05) is 0 Å². The Bertz CT molecular complexity index is 664. The zero-order chi connectivity index (χ0) is 15.4. The molecule has 0 saturated carbocycles. The molecule has 0 radical (unpaired) electrons. The third-order valence-electron chi connectivity index (χ3n) is 3.12. The molecule has 0 spiro atoms. The Morgan fingerprint density at radius 2 is 1.86 bits per heavy atom. The first-order valence-corrected chi connectivity index (χ1v) is 6.42. The molecule has 0 aliphatic carbocycles. The standard InChI is InChI=1S/C16H16O5/c1-21-15-9-12(18)8-14(20)16(15)13(19)6-5-10-3-2-4-11(17)7-10/h2-4,7-9,17-18,20H,5-6H2,1H3. The van der Waals surface area contributed by atoms with E-state index in [0.29, 0.717) is 6.42 Å². The van der Waals surface area contributed by atoms with Gasteiger partial charge in [-0.25, -0.2) is 0 Å². The molecule has 3 N–H and O–H groups in total. The molecule has 0 fully saturated rings. The van der Waals surface area contributed by atoms with E-state index in [-0.39, 0.29) is 40.8 Å². The summed E-state index contributed by atoms with van der Waals surface area (Å²) >= 11 is 0. The monoisotopic (exact) mass is 288 g/mol. The summed E-state index contributed by atoms with van der Waals surface area (Å²) in [6.07, 6.45) is 0.578. The minimum Gasteiger partial charge on any atom is -0.508 e. The summed E-state index contributed by atoms with van der Waals surface area (Å²) in [5.74, 6) is -0.507. The van der Waals surface area contributed by atoms with Crippen molar-refractivity contribution in [3.63, 3.8) is 0 Å². The lowest BCUT2D eigenvalue weighted by Crippen LogP contribution is -2.04. The second kappa shape index (κ2) is 6.17. The number of benzene rings is 2. The predicted octanol–water partition coefficient (Wildman–Crippen LogP) is 2.63. The Hall–Kier alpha value is -2.69. The van der Waals surface area contributed by atoms with Gasteiger partial charge in [0.05, 0.1) is 7.11 Å². The van der Waals surface area contributed by atoms with E-state index < -0.39 is 0 Å². The molecule has 5 nitrogen and oxygen atoms in total. The highest BCUT2D eigenvalue weighted by molar-refractivity contribution is 6.01. The fourth-order valence-electron chi connectivity index (χ4n) is 2.12. The molecule has 21 heavy (non-hydrogen) atoms. The number of aryl methyl sites for hydroxylation is 1. The lowest BCUT2D eigenvalue weighted by atomic mass is 10.0. The lowest BCUT2D eigenvalue weighted by molar-refractivity contribution is 0.0977. The number of phenols is 3. The number of ketones is 1. The van der Waals surface area contributed by atoms with Crippen molar-refractivity contribution in [2.75, 3.05) is 7.11 Å². The van der Waals surface area contributed by atoms with Crippen molar-refractivity contribution in [2.45, 2.75) is 12.8 Å². The average Bonchev–Trinajstić information content (AvgIpc) is 2.44. The van der Waals surface area contributed by atoms with Gasteiger partial charge < -0.3 is 20.1 Å². The van der Waals surface area contributed by atoms with Crippen LogP contribution < -0.4 is 4.74 Å². The zero-order valence-corrected chi connectivity index (χ0v) is 11.5. The summed E-state index contributed by atoms with van der Waals surface area (Å²) in [7, 11) is 1.36. The smallest absolute Gasteiger partial charge is 0.170 e. The molecule has 2 aromatic carbocycles. The first-order valence-electron chi connectivity index (χ1n) is 6.42. The number of aromatic hydroxyl groups is 3. The van der Waals surface area contributed by atoms with Gasteiger partial charge in [0.15, 0.2) is 5.78 Å². The van der Waals surface area contributed by atoms with E-state index in [2.05, 4.69) is 0 Å². The van der Waals surface area contributed by atoms with Crippen LogP contribution in [0.25, 0.3) is 0 Å². The number of methoxy groups -OCH3 is 1. The van der Waals surface area contributed by atoms with Crippen LogP contribution in [-0.2, 0) is 6.42 Å². The van der Waals surface area contributed by atoms with Crippen LogP contribution in [-0.4, -0.2) is 28.2 Å². The van der Waals surface area contributed by atoms with Gasteiger partial charge in [-0.3, -0.25) is 4.79 Å². The molecular formula is C16H16O5. The first-order chi connectivity index (χ1) is 10.0. The minimum atomic E-state index is -0.312. The fraction of sp³-hybridized carbons (Fsp3) is 0.188. The molecule has 0 amide bonds. The molecule has 2 rings (SSSR count). The fourth-order valence-corrected chi connectivity index (χ4v) is 2.12. The van der Waals surface area contributed by atoms with Gasteiger partial charge in [-0.05, 0) is 24.1 Å². The van der Waals surface area contributed by atoms with Crippen molar-refractivity contribution < 1.29 is 24.9 Å². The molecule has 0 aromatic heterocycles. The second-order valence-corrected chi connectivity index (χ2v) is 4.64. The summed E-state index contributed by atoms with van der Waals surface area (Å²) in [5, 5.41) is 28.6. The van der Waals surface area contributed by atoms with Crippen LogP contribution in [0, 0.1) is 0 Å². The molecule has 0 atom stereocenters. The van der Waals surface area contributed by atoms with Crippen LogP contribution in [0.4, 0.5) is 0 Å². The molecule has 0 unspecified atom stereocenters. The van der Waals surface area contributed by atoms with Crippen LogP contribution >= 0.6 is 0 Å². The molecule has 0 bridgehead atoms. The number of hydrogen-bond acceptors (Lipinski definition) is 5. The summed E-state index contributed by atoms with van der Waals surface area (Å²) in [6, 6.07) is 9.03. The van der Waals surface area contributed by atoms with Crippen molar-refractivity contribution in [1.82, 2.24) is 0 Å². The predicted molar refractivity (Wildman–Crippen MR) is 77.1 cm³/mol. The molecule has 110 valence electrons. The highest BCUT2D eigenvalue weighted by Crippen LogP contribution is 2.33. The highest BCUT2D eigenvalue weighted by Gasteiger charge is 2.18. The van der Waals surface area contributed by atoms with Crippen molar-refractivity contribution in [1.29, 1.82) is 0 Å². The number of hydrogen-bond donors (Lipinski definition) is 3. The maximum absolute atomic E-state index is 12.2. The van der Waals surface area contributed by atoms with Gasteiger partial charge in [0.2, 0.25) is 0 Å². The van der Waals surface area contributed by atoms with Crippen LogP contribution in [0.3, 0.4) is 0 Å². The van der Waals surface area contributed by atoms with E-state index in [4.69, 9.17) is 4.74 Å². The highest BCUT2D eigenvalue weighted by atomic mass is 16.5. The Labute approximate surface area is 122 Å². The Kier molecular flexibility index (Phi) is 4.33. The molecule has 0 aliphatic heterocycles. The van der Waals surface area contributed by atoms with E-state index in [1.54, 1.807) is 24.3 Å². The number of Topliss-reactive ketones (excluding diaryl/α,β-unsaturated/α-hetero) is 1. The zero-order valence-electron chi connectivity index (χ0n) is 11.5. The van der Waals surface area contributed by atoms with Crippen molar-refractivity contribution in [3.05, 3.63) is 47.5 Å². The topological polar surface area (TPSA) is 87.0 Å². The summed E-state index contributed by atoms with van der Waals surface area (Å²) in [5.41, 5.74) is 0.871. The molecule has 0 saturated heterocycles. The van der Waals surface area contributed by atoms with Crippen LogP contribution in [0.2, 0.25) is 0 Å². The van der Waals surface area contributed by atoms with Gasteiger partial charge in [0.25, 0.3) is 0 Å². The van der Waals surface area contributed by atoms with E-state index in [0.717, 1.165) is 11.6 Å². The molecule has 2 aromatic rings. The van der Waals surface area contributed by atoms with Crippen LogP contribution in [0.1, 0.15) is 22.3 Å². The van der Waals surface area contributed by atoms with Gasteiger partial charge in [-0.15, -0.1) is 0 Å². The maximum atomic E-state index is 12.2. The summed E-state index contributed by atoms with van der Waals surface area (Å²) in [6.45, 7) is 0. The number of ether oxygens (including phenoxy) is 1. The third kappa shape index (κ3) is 3.45. The number of carbonyl (C=O) groups excluding carboxylic acids is 1. The van der Waals surface area contributed by atoms with Crippen LogP contribution in [0.5, 0.6) is 23.0 Å². The van der Waals surface area contributed by atoms with Crippen molar-refractivity contribution >= 4 is 5.78 Å². The quantitative estimate of drug-likeness (QED) is 0.736. The Balaban J connectivity index is 2.17. The normalized spacial score (nSPS) is 10.3. The summed E-state index contributed by atoms with van der Waals surface area (Å²) in [4.78, 5) is 12.2. The van der Waals surface area contributed by atoms with Crippen molar-refractivity contribution in [3.8, 4) is 23.0 Å². The summed E-state index contributed by atoms with van der Waals surface area (Å²) < 4.78 is 5.02. The Morgan fingerprint density at radius 3 is 2.52 bits per heavy atom.